The third kappa shape index (κ3) is 4.83. The zero-order valence-electron chi connectivity index (χ0n) is 12.0. The molecule has 21 heavy (non-hydrogen) atoms. The summed E-state index contributed by atoms with van der Waals surface area (Å²) in [4.78, 5) is 38.7. The van der Waals surface area contributed by atoms with Gasteiger partial charge in [0.05, 0.1) is 12.2 Å². The van der Waals surface area contributed by atoms with Crippen molar-refractivity contribution < 1.29 is 13.2 Å². The van der Waals surface area contributed by atoms with Crippen molar-refractivity contribution in [1.82, 2.24) is 19.6 Å². The lowest BCUT2D eigenvalue weighted by Gasteiger charge is -2.11. The van der Waals surface area contributed by atoms with Crippen LogP contribution in [0.5, 0.6) is 0 Å². The van der Waals surface area contributed by atoms with Gasteiger partial charge in [-0.25, -0.2) is 17.5 Å². The van der Waals surface area contributed by atoms with Gasteiger partial charge in [0.2, 0.25) is 15.9 Å². The fraction of sp³-hybridized carbons (Fsp3) is 0.545. The first kappa shape index (κ1) is 17.1. The molecule has 1 heterocycles. The fourth-order valence-electron chi connectivity index (χ4n) is 1.56. The standard InChI is InChI=1S/C11H18N4O5S/c1-7-8(10(17)14-11(18)13-7)6-9(16)12-4-5-21(19,20)15(2)3/h4-6H2,1-3H3,(H,12,16)(H2,13,14,17,18). The predicted octanol–water partition coefficient (Wildman–Crippen LogP) is -2.08. The topological polar surface area (TPSA) is 132 Å². The molecule has 0 aromatic carbocycles. The van der Waals surface area contributed by atoms with Gasteiger partial charge in [-0.2, -0.15) is 0 Å². The average Bonchev–Trinajstić information content (AvgIpc) is 2.33. The number of amides is 1. The van der Waals surface area contributed by atoms with Crippen molar-refractivity contribution in [3.05, 3.63) is 32.1 Å². The summed E-state index contributed by atoms with van der Waals surface area (Å²) in [7, 11) is -0.579. The highest BCUT2D eigenvalue weighted by Gasteiger charge is 2.15. The molecule has 1 aromatic rings. The molecule has 0 saturated heterocycles. The van der Waals surface area contributed by atoms with Gasteiger partial charge in [0.15, 0.2) is 0 Å². The van der Waals surface area contributed by atoms with Crippen LogP contribution in [0.2, 0.25) is 0 Å². The Morgan fingerprint density at radius 1 is 1.24 bits per heavy atom. The number of hydrogen-bond donors (Lipinski definition) is 3. The van der Waals surface area contributed by atoms with Gasteiger partial charge in [0.25, 0.3) is 5.56 Å². The quantitative estimate of drug-likeness (QED) is 0.554. The average molecular weight is 318 g/mol. The Hall–Kier alpha value is -1.94. The molecule has 10 heteroatoms. The van der Waals surface area contributed by atoms with Crippen LogP contribution in [0.25, 0.3) is 0 Å². The summed E-state index contributed by atoms with van der Waals surface area (Å²) in [5, 5.41) is 2.42. The zero-order valence-corrected chi connectivity index (χ0v) is 12.8. The Kier molecular flexibility index (Phi) is 5.44. The number of carbonyl (C=O) groups excluding carboxylic acids is 1. The number of rotatable bonds is 6. The number of carbonyl (C=O) groups is 1. The van der Waals surface area contributed by atoms with Gasteiger partial charge >= 0.3 is 5.69 Å². The van der Waals surface area contributed by atoms with E-state index < -0.39 is 27.2 Å². The number of nitrogens with one attached hydrogen (secondary N) is 3. The van der Waals surface area contributed by atoms with E-state index in [1.54, 1.807) is 0 Å². The van der Waals surface area contributed by atoms with Crippen LogP contribution in [0.4, 0.5) is 0 Å². The van der Waals surface area contributed by atoms with E-state index in [9.17, 15) is 22.8 Å². The van der Waals surface area contributed by atoms with E-state index in [0.29, 0.717) is 5.69 Å². The lowest BCUT2D eigenvalue weighted by Crippen LogP contribution is -2.36. The maximum atomic E-state index is 11.7. The van der Waals surface area contributed by atoms with Crippen LogP contribution in [0, 0.1) is 6.92 Å². The van der Waals surface area contributed by atoms with Crippen molar-refractivity contribution in [3.63, 3.8) is 0 Å². The number of hydrogen-bond acceptors (Lipinski definition) is 5. The highest BCUT2D eigenvalue weighted by Crippen LogP contribution is 1.97. The number of sulfonamides is 1. The molecule has 0 radical (unpaired) electrons. The largest absolute Gasteiger partial charge is 0.355 e. The van der Waals surface area contributed by atoms with Gasteiger partial charge in [-0.05, 0) is 6.92 Å². The van der Waals surface area contributed by atoms with Crippen molar-refractivity contribution in [3.8, 4) is 0 Å². The molecule has 0 aliphatic carbocycles. The second-order valence-electron chi connectivity index (χ2n) is 4.64. The van der Waals surface area contributed by atoms with Crippen LogP contribution in [0.1, 0.15) is 11.3 Å². The molecule has 0 saturated carbocycles. The number of aromatic amines is 2. The summed E-state index contributed by atoms with van der Waals surface area (Å²) < 4.78 is 24.1. The van der Waals surface area contributed by atoms with Crippen molar-refractivity contribution >= 4 is 15.9 Å². The van der Waals surface area contributed by atoms with Crippen LogP contribution < -0.4 is 16.6 Å². The molecule has 1 rings (SSSR count). The van der Waals surface area contributed by atoms with Crippen LogP contribution in [0.3, 0.4) is 0 Å². The Morgan fingerprint density at radius 2 is 1.86 bits per heavy atom. The molecule has 0 aliphatic rings. The first-order valence-electron chi connectivity index (χ1n) is 6.12. The van der Waals surface area contributed by atoms with E-state index in [2.05, 4.69) is 10.3 Å². The molecule has 9 nitrogen and oxygen atoms in total. The third-order valence-corrected chi connectivity index (χ3v) is 4.66. The molecule has 1 amide bonds. The molecule has 0 aliphatic heterocycles. The molecule has 0 unspecified atom stereocenters. The molecule has 1 aromatic heterocycles. The maximum absolute atomic E-state index is 11.7. The highest BCUT2D eigenvalue weighted by atomic mass is 32.2. The number of nitrogens with zero attached hydrogens (tertiary/aromatic N) is 1. The summed E-state index contributed by atoms with van der Waals surface area (Å²) in [6.45, 7) is 1.45. The molecule has 0 bridgehead atoms. The maximum Gasteiger partial charge on any atom is 0.325 e. The Labute approximate surface area is 121 Å². The van der Waals surface area contributed by atoms with E-state index >= 15 is 0 Å². The molecule has 3 N–H and O–H groups in total. The minimum atomic E-state index is -3.39. The molecular formula is C11H18N4O5S. The third-order valence-electron chi connectivity index (χ3n) is 2.83. The van der Waals surface area contributed by atoms with Crippen molar-refractivity contribution in [2.24, 2.45) is 0 Å². The predicted molar refractivity (Wildman–Crippen MR) is 76.6 cm³/mol. The van der Waals surface area contributed by atoms with E-state index in [-0.39, 0.29) is 24.3 Å². The SMILES string of the molecule is Cc1[nH]c(=O)[nH]c(=O)c1CC(=O)NCCS(=O)(=O)N(C)C. The first-order chi connectivity index (χ1) is 9.63. The number of aryl methyl sites for hydroxylation is 1. The summed E-state index contributed by atoms with van der Waals surface area (Å²) in [6.07, 6.45) is -0.236. The normalized spacial score (nSPS) is 11.6. The van der Waals surface area contributed by atoms with Gasteiger partial charge in [0, 0.05) is 31.9 Å². The fourth-order valence-corrected chi connectivity index (χ4v) is 2.29. The summed E-state index contributed by atoms with van der Waals surface area (Å²) in [6, 6.07) is 0. The molecule has 118 valence electrons. The molecule has 0 atom stereocenters. The highest BCUT2D eigenvalue weighted by molar-refractivity contribution is 7.89. The van der Waals surface area contributed by atoms with Crippen LogP contribution in [-0.4, -0.2) is 55.0 Å². The molecule has 0 spiro atoms. The zero-order chi connectivity index (χ0) is 16.2. The Morgan fingerprint density at radius 3 is 2.38 bits per heavy atom. The lowest BCUT2D eigenvalue weighted by molar-refractivity contribution is -0.120. The van der Waals surface area contributed by atoms with Gasteiger partial charge in [-0.15, -0.1) is 0 Å². The van der Waals surface area contributed by atoms with E-state index in [0.717, 1.165) is 4.31 Å². The summed E-state index contributed by atoms with van der Waals surface area (Å²) in [5.41, 5.74) is -0.826. The Balaban J connectivity index is 2.64. The Bertz CT molecular complexity index is 732. The molecular weight excluding hydrogens is 300 g/mol. The van der Waals surface area contributed by atoms with Crippen LogP contribution in [0.15, 0.2) is 9.59 Å². The smallest absolute Gasteiger partial charge is 0.325 e. The minimum Gasteiger partial charge on any atom is -0.355 e. The summed E-state index contributed by atoms with van der Waals surface area (Å²) in [5.74, 6) is -0.725. The van der Waals surface area contributed by atoms with Gasteiger partial charge < -0.3 is 10.3 Å². The molecule has 0 fully saturated rings. The lowest BCUT2D eigenvalue weighted by atomic mass is 10.1. The minimum absolute atomic E-state index is 0.0559. The van der Waals surface area contributed by atoms with Crippen molar-refractivity contribution in [1.29, 1.82) is 0 Å². The van der Waals surface area contributed by atoms with E-state index in [1.165, 1.54) is 21.0 Å². The van der Waals surface area contributed by atoms with Gasteiger partial charge in [-0.1, -0.05) is 0 Å². The first-order valence-corrected chi connectivity index (χ1v) is 7.73. The van der Waals surface area contributed by atoms with Crippen LogP contribution >= 0.6 is 0 Å². The number of aromatic nitrogens is 2. The van der Waals surface area contributed by atoms with Crippen molar-refractivity contribution in [2.75, 3.05) is 26.4 Å². The number of H-pyrrole nitrogens is 2. The van der Waals surface area contributed by atoms with Gasteiger partial charge in [0.1, 0.15) is 0 Å². The van der Waals surface area contributed by atoms with Crippen molar-refractivity contribution in [2.45, 2.75) is 13.3 Å². The second-order valence-corrected chi connectivity index (χ2v) is 6.94. The second kappa shape index (κ2) is 6.68. The van der Waals surface area contributed by atoms with Crippen LogP contribution in [-0.2, 0) is 21.2 Å². The van der Waals surface area contributed by atoms with E-state index in [4.69, 9.17) is 0 Å². The monoisotopic (exact) mass is 318 g/mol. The summed E-state index contributed by atoms with van der Waals surface area (Å²) >= 11 is 0. The van der Waals surface area contributed by atoms with Gasteiger partial charge in [-0.3, -0.25) is 14.6 Å². The van der Waals surface area contributed by atoms with E-state index in [1.807, 2.05) is 4.98 Å².